The van der Waals surface area contributed by atoms with Gasteiger partial charge >= 0.3 is 11.1 Å². The normalized spacial score (nSPS) is 17.5. The lowest BCUT2D eigenvalue weighted by molar-refractivity contribution is -0.384. The molecule has 2 aromatic heterocycles. The molecule has 9 heteroatoms. The number of hydrogen-bond donors (Lipinski definition) is 1. The van der Waals surface area contributed by atoms with Crippen molar-refractivity contribution >= 4 is 16.7 Å². The number of benzene rings is 2. The number of nitro groups is 1. The Bertz CT molecular complexity index is 1610. The smallest absolute Gasteiger partial charge is 0.316 e. The maximum Gasteiger partial charge on any atom is 0.316 e. The zero-order chi connectivity index (χ0) is 26.9. The molecule has 1 aliphatic heterocycles. The van der Waals surface area contributed by atoms with Crippen molar-refractivity contribution in [3.05, 3.63) is 103 Å². The number of rotatable bonds is 6. The molecule has 2 aliphatic rings. The van der Waals surface area contributed by atoms with Crippen LogP contribution in [0.3, 0.4) is 0 Å². The van der Waals surface area contributed by atoms with Crippen LogP contribution in [0.4, 0.5) is 5.69 Å². The number of hydrogen-bond acceptors (Lipinski definition) is 5. The number of H-pyrrole nitrogens is 1. The lowest BCUT2D eigenvalue weighted by Crippen LogP contribution is -2.39. The Morgan fingerprint density at radius 1 is 0.949 bits per heavy atom. The Balaban J connectivity index is 1.29. The van der Waals surface area contributed by atoms with E-state index in [0.29, 0.717) is 22.6 Å². The Labute approximate surface area is 225 Å². The van der Waals surface area contributed by atoms with Crippen molar-refractivity contribution < 1.29 is 4.92 Å². The maximum atomic E-state index is 13.0. The van der Waals surface area contributed by atoms with Gasteiger partial charge < -0.3 is 9.55 Å². The second-order valence-corrected chi connectivity index (χ2v) is 10.9. The summed E-state index contributed by atoms with van der Waals surface area (Å²) in [4.78, 5) is 42.1. The third-order valence-electron chi connectivity index (χ3n) is 8.45. The SMILES string of the molecule is O=c1[nH]c2cc([N+](=O)[O-])c(-n3ccc(CN4CCC(c5ccccc5)CC4)c3)cc2n(C2CCCCC2)c1=O. The molecule has 1 N–H and O–H groups in total. The fraction of sp³-hybridized carbons (Fsp3) is 0.400. The standard InChI is InChI=1S/C30H33N5O4/c36-29-30(37)34(24-9-5-2-6-10-24)26-18-27(28(35(38)39)17-25(26)31-29)33-16-11-21(20-33)19-32-14-12-23(13-15-32)22-7-3-1-4-8-22/h1,3-4,7-8,11,16-18,20,23-24H,2,5-6,9-10,12-15,19H2,(H,31,36). The molecule has 0 bridgehead atoms. The number of fused-ring (bicyclic) bond motifs is 1. The summed E-state index contributed by atoms with van der Waals surface area (Å²) in [6.07, 6.45) is 10.7. The summed E-state index contributed by atoms with van der Waals surface area (Å²) in [5, 5.41) is 12.1. The van der Waals surface area contributed by atoms with Crippen LogP contribution in [0.2, 0.25) is 0 Å². The molecule has 202 valence electrons. The molecular formula is C30H33N5O4. The molecule has 0 spiro atoms. The van der Waals surface area contributed by atoms with E-state index in [-0.39, 0.29) is 11.7 Å². The number of nitro benzene ring substituents is 1. The van der Waals surface area contributed by atoms with E-state index in [9.17, 15) is 19.7 Å². The molecule has 39 heavy (non-hydrogen) atoms. The van der Waals surface area contributed by atoms with Gasteiger partial charge in [-0.15, -0.1) is 0 Å². The second-order valence-electron chi connectivity index (χ2n) is 10.9. The first-order valence-corrected chi connectivity index (χ1v) is 13.9. The predicted molar refractivity (Wildman–Crippen MR) is 151 cm³/mol. The molecule has 0 radical (unpaired) electrons. The van der Waals surface area contributed by atoms with Crippen LogP contribution in [0.1, 0.15) is 68.0 Å². The highest BCUT2D eigenvalue weighted by Gasteiger charge is 2.25. The maximum absolute atomic E-state index is 13.0. The summed E-state index contributed by atoms with van der Waals surface area (Å²) < 4.78 is 3.34. The predicted octanol–water partition coefficient (Wildman–Crippen LogP) is 5.27. The minimum atomic E-state index is -0.741. The minimum Gasteiger partial charge on any atom is -0.318 e. The lowest BCUT2D eigenvalue weighted by Gasteiger charge is -2.32. The van der Waals surface area contributed by atoms with Crippen LogP contribution in [0, 0.1) is 10.1 Å². The highest BCUT2D eigenvalue weighted by molar-refractivity contribution is 5.82. The van der Waals surface area contributed by atoms with Gasteiger partial charge in [0.1, 0.15) is 5.69 Å². The van der Waals surface area contributed by atoms with E-state index in [2.05, 4.69) is 40.2 Å². The average Bonchev–Trinajstić information content (AvgIpc) is 3.43. The molecule has 9 nitrogen and oxygen atoms in total. The van der Waals surface area contributed by atoms with Crippen LogP contribution in [-0.4, -0.2) is 37.0 Å². The van der Waals surface area contributed by atoms with Gasteiger partial charge in [-0.25, -0.2) is 0 Å². The minimum absolute atomic E-state index is 0.0793. The highest BCUT2D eigenvalue weighted by Crippen LogP contribution is 2.33. The van der Waals surface area contributed by atoms with Crippen LogP contribution in [0.25, 0.3) is 16.7 Å². The number of nitrogens with one attached hydrogen (secondary N) is 1. The largest absolute Gasteiger partial charge is 0.318 e. The third-order valence-corrected chi connectivity index (χ3v) is 8.45. The van der Waals surface area contributed by atoms with Crippen molar-refractivity contribution in [2.24, 2.45) is 0 Å². The first kappa shape index (κ1) is 25.3. The molecule has 0 unspecified atom stereocenters. The zero-order valence-electron chi connectivity index (χ0n) is 21.9. The summed E-state index contributed by atoms with van der Waals surface area (Å²) in [6, 6.07) is 15.7. The molecule has 1 aliphatic carbocycles. The molecule has 0 amide bonds. The summed E-state index contributed by atoms with van der Waals surface area (Å²) in [5.41, 5.74) is 2.26. The number of piperidine rings is 1. The Morgan fingerprint density at radius 2 is 1.69 bits per heavy atom. The van der Waals surface area contributed by atoms with Gasteiger partial charge in [-0.3, -0.25) is 29.2 Å². The Morgan fingerprint density at radius 3 is 2.41 bits per heavy atom. The highest BCUT2D eigenvalue weighted by atomic mass is 16.6. The van der Waals surface area contributed by atoms with Crippen LogP contribution < -0.4 is 11.1 Å². The van der Waals surface area contributed by atoms with Crippen molar-refractivity contribution in [2.75, 3.05) is 13.1 Å². The van der Waals surface area contributed by atoms with Crippen molar-refractivity contribution in [1.82, 2.24) is 19.0 Å². The van der Waals surface area contributed by atoms with Gasteiger partial charge in [0.2, 0.25) is 0 Å². The molecule has 2 fully saturated rings. The van der Waals surface area contributed by atoms with Crippen LogP contribution in [0.15, 0.2) is 70.5 Å². The van der Waals surface area contributed by atoms with Gasteiger partial charge in [-0.2, -0.15) is 0 Å². The third kappa shape index (κ3) is 5.06. The van der Waals surface area contributed by atoms with E-state index in [1.165, 1.54) is 11.6 Å². The topological polar surface area (TPSA) is 106 Å². The molecular weight excluding hydrogens is 494 g/mol. The van der Waals surface area contributed by atoms with Crippen molar-refractivity contribution in [2.45, 2.75) is 63.5 Å². The van der Waals surface area contributed by atoms with Crippen LogP contribution in [-0.2, 0) is 6.54 Å². The van der Waals surface area contributed by atoms with E-state index in [1.807, 2.05) is 18.5 Å². The zero-order valence-corrected chi connectivity index (χ0v) is 21.9. The summed E-state index contributed by atoms with van der Waals surface area (Å²) in [7, 11) is 0. The van der Waals surface area contributed by atoms with Gasteiger partial charge in [-0.05, 0) is 68.0 Å². The number of nitrogens with zero attached hydrogens (tertiary/aromatic N) is 4. The lowest BCUT2D eigenvalue weighted by atomic mass is 9.89. The van der Waals surface area contributed by atoms with Gasteiger partial charge in [0.25, 0.3) is 5.69 Å². The number of likely N-dealkylation sites (tertiary alicyclic amines) is 1. The molecule has 0 atom stereocenters. The molecule has 4 aromatic rings. The van der Waals surface area contributed by atoms with Gasteiger partial charge in [0, 0.05) is 31.0 Å². The fourth-order valence-electron chi connectivity index (χ4n) is 6.41. The second kappa shape index (κ2) is 10.6. The quantitative estimate of drug-likeness (QED) is 0.209. The summed E-state index contributed by atoms with van der Waals surface area (Å²) in [5.74, 6) is 0.584. The van der Waals surface area contributed by atoms with E-state index in [1.54, 1.807) is 15.2 Å². The van der Waals surface area contributed by atoms with Gasteiger partial charge in [-0.1, -0.05) is 49.6 Å². The molecule has 1 saturated heterocycles. The van der Waals surface area contributed by atoms with Crippen molar-refractivity contribution in [1.29, 1.82) is 0 Å². The summed E-state index contributed by atoms with van der Waals surface area (Å²) in [6.45, 7) is 2.78. The van der Waals surface area contributed by atoms with Crippen LogP contribution >= 0.6 is 0 Å². The van der Waals surface area contributed by atoms with E-state index >= 15 is 0 Å². The fourth-order valence-corrected chi connectivity index (χ4v) is 6.41. The molecule has 3 heterocycles. The summed E-state index contributed by atoms with van der Waals surface area (Å²) >= 11 is 0. The Hall–Kier alpha value is -3.98. The first-order chi connectivity index (χ1) is 19.0. The van der Waals surface area contributed by atoms with Crippen molar-refractivity contribution in [3.8, 4) is 5.69 Å². The van der Waals surface area contributed by atoms with Gasteiger partial charge in [0.05, 0.1) is 16.0 Å². The number of aromatic amines is 1. The molecule has 2 aromatic carbocycles. The monoisotopic (exact) mass is 527 g/mol. The van der Waals surface area contributed by atoms with Crippen molar-refractivity contribution in [3.63, 3.8) is 0 Å². The Kier molecular flexibility index (Phi) is 6.91. The van der Waals surface area contributed by atoms with E-state index in [0.717, 1.165) is 70.1 Å². The van der Waals surface area contributed by atoms with E-state index in [4.69, 9.17) is 0 Å². The first-order valence-electron chi connectivity index (χ1n) is 13.9. The number of aromatic nitrogens is 3. The average molecular weight is 528 g/mol. The van der Waals surface area contributed by atoms with E-state index < -0.39 is 16.0 Å². The van der Waals surface area contributed by atoms with Gasteiger partial charge in [0.15, 0.2) is 0 Å². The van der Waals surface area contributed by atoms with Crippen LogP contribution in [0.5, 0.6) is 0 Å². The molecule has 6 rings (SSSR count). The molecule has 1 saturated carbocycles.